The Morgan fingerprint density at radius 3 is 2.68 bits per heavy atom. The van der Waals surface area contributed by atoms with Crippen molar-refractivity contribution in [2.45, 2.75) is 13.3 Å². The van der Waals surface area contributed by atoms with E-state index >= 15 is 0 Å². The first-order valence-electron chi connectivity index (χ1n) is 8.82. The van der Waals surface area contributed by atoms with Crippen molar-refractivity contribution >= 4 is 11.8 Å². The normalized spacial score (nSPS) is 10.8. The standard InChI is InChI=1S/C21H17FN4O2/c1-2-14-7-9-15(10-8-14)18-13-20(28-25-18)23-21(27)17-11-12-26(24-17)19-6-4-3-5-16(19)22/h3-13H,2H2,1H3,(H,23,27). The van der Waals surface area contributed by atoms with Gasteiger partial charge in [0.1, 0.15) is 17.2 Å². The van der Waals surface area contributed by atoms with Gasteiger partial charge in [-0.15, -0.1) is 0 Å². The third-order valence-electron chi connectivity index (χ3n) is 4.33. The summed E-state index contributed by atoms with van der Waals surface area (Å²) in [4.78, 5) is 12.4. The second kappa shape index (κ2) is 7.48. The van der Waals surface area contributed by atoms with E-state index in [1.807, 2.05) is 24.3 Å². The summed E-state index contributed by atoms with van der Waals surface area (Å²) in [7, 11) is 0. The number of rotatable bonds is 5. The topological polar surface area (TPSA) is 73.0 Å². The quantitative estimate of drug-likeness (QED) is 0.557. The van der Waals surface area contributed by atoms with Gasteiger partial charge in [-0.2, -0.15) is 5.10 Å². The number of nitrogens with zero attached hydrogens (tertiary/aromatic N) is 3. The average Bonchev–Trinajstić information content (AvgIpc) is 3.38. The number of hydrogen-bond acceptors (Lipinski definition) is 4. The van der Waals surface area contributed by atoms with Crippen molar-refractivity contribution in [2.24, 2.45) is 0 Å². The zero-order valence-corrected chi connectivity index (χ0v) is 15.1. The number of aryl methyl sites for hydroxylation is 1. The molecular weight excluding hydrogens is 359 g/mol. The Morgan fingerprint density at radius 2 is 1.93 bits per heavy atom. The molecular formula is C21H17FN4O2. The van der Waals surface area contributed by atoms with Crippen molar-refractivity contribution in [3.05, 3.63) is 83.9 Å². The summed E-state index contributed by atoms with van der Waals surface area (Å²) < 4.78 is 20.4. The van der Waals surface area contributed by atoms with Crippen LogP contribution in [0.25, 0.3) is 16.9 Å². The molecule has 0 aliphatic rings. The van der Waals surface area contributed by atoms with Crippen molar-refractivity contribution in [3.8, 4) is 16.9 Å². The third-order valence-corrected chi connectivity index (χ3v) is 4.33. The van der Waals surface area contributed by atoms with Crippen molar-refractivity contribution in [3.63, 3.8) is 0 Å². The summed E-state index contributed by atoms with van der Waals surface area (Å²) in [5.74, 6) is -0.689. The summed E-state index contributed by atoms with van der Waals surface area (Å²) in [5.41, 5.74) is 3.14. The molecule has 1 amide bonds. The van der Waals surface area contributed by atoms with Crippen LogP contribution in [0.4, 0.5) is 10.3 Å². The Morgan fingerprint density at radius 1 is 1.14 bits per heavy atom. The Hall–Kier alpha value is -3.74. The minimum absolute atomic E-state index is 0.133. The molecule has 0 fully saturated rings. The third kappa shape index (κ3) is 3.55. The minimum atomic E-state index is -0.473. The molecule has 1 N–H and O–H groups in total. The molecule has 0 unspecified atom stereocenters. The molecule has 2 aromatic carbocycles. The second-order valence-electron chi connectivity index (χ2n) is 6.18. The van der Waals surface area contributed by atoms with Crippen LogP contribution in [0.1, 0.15) is 23.0 Å². The van der Waals surface area contributed by atoms with Gasteiger partial charge in [0.2, 0.25) is 5.88 Å². The van der Waals surface area contributed by atoms with E-state index in [0.717, 1.165) is 12.0 Å². The van der Waals surface area contributed by atoms with Crippen molar-refractivity contribution in [1.82, 2.24) is 14.9 Å². The minimum Gasteiger partial charge on any atom is -0.338 e. The lowest BCUT2D eigenvalue weighted by Crippen LogP contribution is -2.12. The Bertz CT molecular complexity index is 1120. The largest absolute Gasteiger partial charge is 0.338 e. The monoisotopic (exact) mass is 376 g/mol. The molecule has 7 heteroatoms. The van der Waals surface area contributed by atoms with Crippen LogP contribution in [0.15, 0.2) is 71.4 Å². The van der Waals surface area contributed by atoms with Crippen LogP contribution >= 0.6 is 0 Å². The molecule has 140 valence electrons. The van der Waals surface area contributed by atoms with Crippen LogP contribution in [0.5, 0.6) is 0 Å². The van der Waals surface area contributed by atoms with E-state index in [4.69, 9.17) is 4.52 Å². The lowest BCUT2D eigenvalue weighted by molar-refractivity contribution is 0.101. The van der Waals surface area contributed by atoms with Crippen molar-refractivity contribution in [1.29, 1.82) is 0 Å². The molecule has 2 aromatic heterocycles. The zero-order chi connectivity index (χ0) is 19.5. The number of carbonyl (C=O) groups is 1. The van der Waals surface area contributed by atoms with Crippen LogP contribution in [0.3, 0.4) is 0 Å². The van der Waals surface area contributed by atoms with Crippen molar-refractivity contribution < 1.29 is 13.7 Å². The summed E-state index contributed by atoms with van der Waals surface area (Å²) >= 11 is 0. The van der Waals surface area contributed by atoms with E-state index in [9.17, 15) is 9.18 Å². The highest BCUT2D eigenvalue weighted by Gasteiger charge is 2.15. The highest BCUT2D eigenvalue weighted by atomic mass is 19.1. The lowest BCUT2D eigenvalue weighted by atomic mass is 10.1. The number of amides is 1. The molecule has 0 saturated heterocycles. The van der Waals surface area contributed by atoms with Crippen molar-refractivity contribution in [2.75, 3.05) is 5.32 Å². The number of benzene rings is 2. The molecule has 28 heavy (non-hydrogen) atoms. The van der Waals surface area contributed by atoms with Gasteiger partial charge in [-0.25, -0.2) is 9.07 Å². The van der Waals surface area contributed by atoms with Gasteiger partial charge in [0.05, 0.1) is 0 Å². The van der Waals surface area contributed by atoms with E-state index in [2.05, 4.69) is 22.5 Å². The van der Waals surface area contributed by atoms with Crippen LogP contribution in [-0.4, -0.2) is 20.8 Å². The molecule has 0 aliphatic heterocycles. The van der Waals surface area contributed by atoms with Gasteiger partial charge >= 0.3 is 0 Å². The van der Waals surface area contributed by atoms with Gasteiger partial charge in [-0.3, -0.25) is 10.1 Å². The van der Waals surface area contributed by atoms with E-state index in [0.29, 0.717) is 5.69 Å². The van der Waals surface area contributed by atoms with Gasteiger partial charge in [0.15, 0.2) is 5.69 Å². The summed E-state index contributed by atoms with van der Waals surface area (Å²) in [6.07, 6.45) is 2.48. The molecule has 0 bridgehead atoms. The number of nitrogens with one attached hydrogen (secondary N) is 1. The van der Waals surface area contributed by atoms with Gasteiger partial charge in [-0.05, 0) is 30.2 Å². The highest BCUT2D eigenvalue weighted by molar-refractivity contribution is 6.02. The maximum absolute atomic E-state index is 13.9. The zero-order valence-electron chi connectivity index (χ0n) is 15.1. The fourth-order valence-electron chi connectivity index (χ4n) is 2.77. The van der Waals surface area contributed by atoms with E-state index in [-0.39, 0.29) is 17.3 Å². The maximum Gasteiger partial charge on any atom is 0.278 e. The summed E-state index contributed by atoms with van der Waals surface area (Å²) in [5, 5.41) is 10.7. The SMILES string of the molecule is CCc1ccc(-c2cc(NC(=O)c3ccn(-c4ccccc4F)n3)on2)cc1. The van der Waals surface area contributed by atoms with Crippen LogP contribution < -0.4 is 5.32 Å². The second-order valence-corrected chi connectivity index (χ2v) is 6.18. The maximum atomic E-state index is 13.9. The molecule has 4 rings (SSSR count). The van der Waals surface area contributed by atoms with Crippen LogP contribution in [-0.2, 0) is 6.42 Å². The molecule has 0 radical (unpaired) electrons. The smallest absolute Gasteiger partial charge is 0.278 e. The summed E-state index contributed by atoms with van der Waals surface area (Å²) in [6, 6.07) is 17.3. The van der Waals surface area contributed by atoms with E-state index in [1.165, 1.54) is 28.6 Å². The Kier molecular flexibility index (Phi) is 4.72. The number of halogens is 1. The van der Waals surface area contributed by atoms with Gasteiger partial charge in [0, 0.05) is 17.8 Å². The first kappa shape index (κ1) is 17.7. The molecule has 4 aromatic rings. The Balaban J connectivity index is 1.49. The van der Waals surface area contributed by atoms with Crippen LogP contribution in [0, 0.1) is 5.82 Å². The summed E-state index contributed by atoms with van der Waals surface area (Å²) in [6.45, 7) is 2.09. The lowest BCUT2D eigenvalue weighted by Gasteiger charge is -2.02. The molecule has 6 nitrogen and oxygen atoms in total. The fourth-order valence-corrected chi connectivity index (χ4v) is 2.77. The highest BCUT2D eigenvalue weighted by Crippen LogP contribution is 2.22. The molecule has 0 spiro atoms. The van der Waals surface area contributed by atoms with Gasteiger partial charge < -0.3 is 4.52 Å². The first-order valence-corrected chi connectivity index (χ1v) is 8.82. The Labute approximate surface area is 160 Å². The molecule has 0 atom stereocenters. The number of anilines is 1. The first-order chi connectivity index (χ1) is 13.6. The van der Waals surface area contributed by atoms with Gasteiger partial charge in [0.25, 0.3) is 5.91 Å². The number of hydrogen-bond donors (Lipinski definition) is 1. The number of carbonyl (C=O) groups excluding carboxylic acids is 1. The molecule has 0 aliphatic carbocycles. The molecule has 0 saturated carbocycles. The molecule has 2 heterocycles. The van der Waals surface area contributed by atoms with Gasteiger partial charge in [-0.1, -0.05) is 48.5 Å². The number of para-hydroxylation sites is 1. The average molecular weight is 376 g/mol. The predicted molar refractivity (Wildman–Crippen MR) is 103 cm³/mol. The fraction of sp³-hybridized carbons (Fsp3) is 0.0952. The van der Waals surface area contributed by atoms with E-state index in [1.54, 1.807) is 24.3 Å². The van der Waals surface area contributed by atoms with Crippen LogP contribution in [0.2, 0.25) is 0 Å². The number of aromatic nitrogens is 3. The van der Waals surface area contributed by atoms with E-state index < -0.39 is 11.7 Å². The predicted octanol–water partition coefficient (Wildman–Crippen LogP) is 4.48.